The maximum Gasteiger partial charge on any atom is 0.0484 e. The maximum absolute atomic E-state index is 6.22. The Morgan fingerprint density at radius 2 is 1.89 bits per heavy atom. The van der Waals surface area contributed by atoms with Crippen LogP contribution in [0.4, 0.5) is 0 Å². The van der Waals surface area contributed by atoms with Crippen LogP contribution in [0.2, 0.25) is 5.02 Å². The lowest BCUT2D eigenvalue weighted by Crippen LogP contribution is -2.15. The van der Waals surface area contributed by atoms with Crippen molar-refractivity contribution >= 4 is 11.6 Å². The van der Waals surface area contributed by atoms with Crippen molar-refractivity contribution in [3.63, 3.8) is 0 Å². The number of halogens is 1. The molecule has 0 saturated heterocycles. The summed E-state index contributed by atoms with van der Waals surface area (Å²) in [6, 6.07) is 16.7. The lowest BCUT2D eigenvalue weighted by Gasteiger charge is -2.08. The van der Waals surface area contributed by atoms with E-state index in [-0.39, 0.29) is 6.04 Å². The number of rotatable bonds is 4. The molecule has 0 aliphatic carbocycles. The van der Waals surface area contributed by atoms with E-state index in [2.05, 4.69) is 24.3 Å². The van der Waals surface area contributed by atoms with Crippen LogP contribution in [0.3, 0.4) is 0 Å². The van der Waals surface area contributed by atoms with Crippen LogP contribution in [0.5, 0.6) is 0 Å². The Labute approximate surface area is 114 Å². The second kappa shape index (κ2) is 6.03. The molecule has 0 radical (unpaired) electrons. The van der Waals surface area contributed by atoms with Gasteiger partial charge in [-0.05, 0) is 37.0 Å². The molecule has 1 unspecified atom stereocenters. The molecule has 2 heteroatoms. The van der Waals surface area contributed by atoms with Crippen molar-refractivity contribution in [2.45, 2.75) is 25.8 Å². The number of hydrogen-bond donors (Lipinski definition) is 1. The van der Waals surface area contributed by atoms with Gasteiger partial charge in [0.15, 0.2) is 0 Å². The molecule has 94 valence electrons. The van der Waals surface area contributed by atoms with Gasteiger partial charge in [-0.25, -0.2) is 0 Å². The first kappa shape index (κ1) is 13.1. The van der Waals surface area contributed by atoms with E-state index in [1.54, 1.807) is 0 Å². The second-order valence-corrected chi connectivity index (χ2v) is 5.10. The van der Waals surface area contributed by atoms with Crippen LogP contribution >= 0.6 is 11.6 Å². The van der Waals surface area contributed by atoms with Gasteiger partial charge in [0.1, 0.15) is 0 Å². The summed E-state index contributed by atoms with van der Waals surface area (Å²) in [5, 5.41) is 0.793. The summed E-state index contributed by atoms with van der Waals surface area (Å²) in [5.41, 5.74) is 9.36. The Hall–Kier alpha value is -1.31. The Bertz CT molecular complexity index is 520. The van der Waals surface area contributed by atoms with Gasteiger partial charge in [0.05, 0.1) is 0 Å². The molecule has 1 nitrogen and oxygen atoms in total. The average Bonchev–Trinajstić information content (AvgIpc) is 2.37. The van der Waals surface area contributed by atoms with E-state index in [0.717, 1.165) is 23.4 Å². The highest BCUT2D eigenvalue weighted by molar-refractivity contribution is 6.33. The van der Waals surface area contributed by atoms with E-state index < -0.39 is 0 Å². The Morgan fingerprint density at radius 1 is 1.11 bits per heavy atom. The van der Waals surface area contributed by atoms with Crippen molar-refractivity contribution in [3.8, 4) is 11.1 Å². The Morgan fingerprint density at radius 3 is 2.61 bits per heavy atom. The van der Waals surface area contributed by atoms with Crippen LogP contribution in [-0.2, 0) is 6.42 Å². The van der Waals surface area contributed by atoms with Crippen molar-refractivity contribution in [1.29, 1.82) is 0 Å². The van der Waals surface area contributed by atoms with Crippen molar-refractivity contribution in [1.82, 2.24) is 0 Å². The van der Waals surface area contributed by atoms with E-state index in [9.17, 15) is 0 Å². The van der Waals surface area contributed by atoms with Crippen molar-refractivity contribution in [3.05, 3.63) is 59.1 Å². The zero-order valence-electron chi connectivity index (χ0n) is 10.6. The number of nitrogens with two attached hydrogens (primary N) is 1. The van der Waals surface area contributed by atoms with Crippen molar-refractivity contribution < 1.29 is 0 Å². The molecule has 2 aromatic carbocycles. The molecule has 0 amide bonds. The minimum Gasteiger partial charge on any atom is -0.328 e. The fourth-order valence-electron chi connectivity index (χ4n) is 1.98. The van der Waals surface area contributed by atoms with Crippen LogP contribution in [0.25, 0.3) is 11.1 Å². The van der Waals surface area contributed by atoms with Gasteiger partial charge in [0.2, 0.25) is 0 Å². The van der Waals surface area contributed by atoms with Gasteiger partial charge in [-0.2, -0.15) is 0 Å². The topological polar surface area (TPSA) is 26.0 Å². The highest BCUT2D eigenvalue weighted by Gasteiger charge is 2.04. The summed E-state index contributed by atoms with van der Waals surface area (Å²) in [7, 11) is 0. The normalized spacial score (nSPS) is 12.4. The fraction of sp³-hybridized carbons (Fsp3) is 0.250. The van der Waals surface area contributed by atoms with Crippen LogP contribution in [0, 0.1) is 0 Å². The SMILES string of the molecule is CC(N)CCc1cccc(-c2ccccc2Cl)c1. The van der Waals surface area contributed by atoms with Gasteiger partial charge in [0, 0.05) is 16.6 Å². The van der Waals surface area contributed by atoms with Crippen molar-refractivity contribution in [2.24, 2.45) is 5.73 Å². The largest absolute Gasteiger partial charge is 0.328 e. The molecule has 0 fully saturated rings. The zero-order chi connectivity index (χ0) is 13.0. The minimum absolute atomic E-state index is 0.244. The molecule has 0 aromatic heterocycles. The number of benzene rings is 2. The summed E-state index contributed by atoms with van der Waals surface area (Å²) in [6.07, 6.45) is 2.02. The molecule has 0 aliphatic rings. The predicted octanol–water partition coefficient (Wildman–Crippen LogP) is 4.29. The first-order chi connectivity index (χ1) is 8.66. The van der Waals surface area contributed by atoms with Crippen LogP contribution < -0.4 is 5.73 Å². The molecule has 0 aliphatic heterocycles. The predicted molar refractivity (Wildman–Crippen MR) is 78.9 cm³/mol. The second-order valence-electron chi connectivity index (χ2n) is 4.70. The lowest BCUT2D eigenvalue weighted by molar-refractivity contribution is 0.666. The van der Waals surface area contributed by atoms with E-state index in [1.165, 1.54) is 11.1 Å². The summed E-state index contributed by atoms with van der Waals surface area (Å²) < 4.78 is 0. The monoisotopic (exact) mass is 259 g/mol. The lowest BCUT2D eigenvalue weighted by atomic mass is 10.00. The van der Waals surface area contributed by atoms with Crippen LogP contribution in [-0.4, -0.2) is 6.04 Å². The maximum atomic E-state index is 6.22. The molecule has 2 aromatic rings. The van der Waals surface area contributed by atoms with Crippen LogP contribution in [0.15, 0.2) is 48.5 Å². The highest BCUT2D eigenvalue weighted by atomic mass is 35.5. The number of aryl methyl sites for hydroxylation is 1. The first-order valence-corrected chi connectivity index (χ1v) is 6.64. The minimum atomic E-state index is 0.244. The Balaban J connectivity index is 2.25. The molecule has 18 heavy (non-hydrogen) atoms. The van der Waals surface area contributed by atoms with Gasteiger partial charge in [-0.15, -0.1) is 0 Å². The summed E-state index contributed by atoms with van der Waals surface area (Å²) in [5.74, 6) is 0. The molecule has 0 bridgehead atoms. The fourth-order valence-corrected chi connectivity index (χ4v) is 2.23. The van der Waals surface area contributed by atoms with Crippen LogP contribution in [0.1, 0.15) is 18.9 Å². The van der Waals surface area contributed by atoms with E-state index in [4.69, 9.17) is 17.3 Å². The van der Waals surface area contributed by atoms with E-state index in [1.807, 2.05) is 31.2 Å². The highest BCUT2D eigenvalue weighted by Crippen LogP contribution is 2.28. The molecule has 0 heterocycles. The van der Waals surface area contributed by atoms with E-state index >= 15 is 0 Å². The molecule has 2 rings (SSSR count). The van der Waals surface area contributed by atoms with Gasteiger partial charge in [0.25, 0.3) is 0 Å². The molecular formula is C16H18ClN. The number of hydrogen-bond acceptors (Lipinski definition) is 1. The molecule has 2 N–H and O–H groups in total. The smallest absolute Gasteiger partial charge is 0.0484 e. The quantitative estimate of drug-likeness (QED) is 0.871. The first-order valence-electron chi connectivity index (χ1n) is 6.26. The molecule has 0 spiro atoms. The summed E-state index contributed by atoms with van der Waals surface area (Å²) in [6.45, 7) is 2.04. The van der Waals surface area contributed by atoms with E-state index in [0.29, 0.717) is 0 Å². The van der Waals surface area contributed by atoms with Crippen molar-refractivity contribution in [2.75, 3.05) is 0 Å². The van der Waals surface area contributed by atoms with Gasteiger partial charge in [-0.1, -0.05) is 54.1 Å². The zero-order valence-corrected chi connectivity index (χ0v) is 11.3. The van der Waals surface area contributed by atoms with Gasteiger partial charge >= 0.3 is 0 Å². The molecule has 1 atom stereocenters. The summed E-state index contributed by atoms with van der Waals surface area (Å²) in [4.78, 5) is 0. The molecular weight excluding hydrogens is 242 g/mol. The third kappa shape index (κ3) is 3.34. The van der Waals surface area contributed by atoms with Gasteiger partial charge < -0.3 is 5.73 Å². The third-order valence-electron chi connectivity index (χ3n) is 3.00. The third-order valence-corrected chi connectivity index (χ3v) is 3.33. The standard InChI is InChI=1S/C16H18ClN/c1-12(18)9-10-13-5-4-6-14(11-13)15-7-2-3-8-16(15)17/h2-8,11-12H,9-10,18H2,1H3. The Kier molecular flexibility index (Phi) is 4.40. The molecule has 0 saturated carbocycles. The average molecular weight is 260 g/mol. The van der Waals surface area contributed by atoms with Gasteiger partial charge in [-0.3, -0.25) is 0 Å². The summed E-state index contributed by atoms with van der Waals surface area (Å²) >= 11 is 6.22.